The Labute approximate surface area is 91.7 Å². The topological polar surface area (TPSA) is 23.8 Å². The van der Waals surface area contributed by atoms with Gasteiger partial charge in [-0.1, -0.05) is 26.7 Å². The summed E-state index contributed by atoms with van der Waals surface area (Å²) in [6.45, 7) is 8.22. The first-order valence-electron chi connectivity index (χ1n) is 4.92. The van der Waals surface area contributed by atoms with E-state index in [1.165, 1.54) is 0 Å². The Morgan fingerprint density at radius 1 is 1.20 bits per heavy atom. The van der Waals surface area contributed by atoms with Crippen LogP contribution >= 0.6 is 0 Å². The molecule has 0 aliphatic carbocycles. The summed E-state index contributed by atoms with van der Waals surface area (Å²) in [5.41, 5.74) is 3.52. The molecule has 0 amide bonds. The smallest absolute Gasteiger partial charge is 0.0994 e. The Hall–Kier alpha value is -1.73. The molecule has 0 aliphatic heterocycles. The lowest BCUT2D eigenvalue weighted by atomic mass is 9.84. The fourth-order valence-electron chi connectivity index (χ4n) is 1.41. The van der Waals surface area contributed by atoms with E-state index in [1.807, 2.05) is 19.1 Å². The summed E-state index contributed by atoms with van der Waals surface area (Å²) in [5, 5.41) is 9.01. The van der Waals surface area contributed by atoms with E-state index in [0.717, 1.165) is 16.7 Å². The third-order valence-corrected chi connectivity index (χ3v) is 2.55. The summed E-state index contributed by atoms with van der Waals surface area (Å²) in [6, 6.07) is 6.11. The van der Waals surface area contributed by atoms with Crippen molar-refractivity contribution in [3.05, 3.63) is 34.4 Å². The largest absolute Gasteiger partial charge is 0.192 e. The normalized spacial score (nSPS) is 10.5. The third kappa shape index (κ3) is 2.20. The second-order valence-corrected chi connectivity index (χ2v) is 4.70. The Morgan fingerprint density at radius 3 is 2.13 bits per heavy atom. The van der Waals surface area contributed by atoms with Crippen LogP contribution in [0, 0.1) is 30.6 Å². The molecule has 1 nitrogen and oxygen atoms in total. The molecule has 0 N–H and O–H groups in total. The molecule has 1 aromatic rings. The monoisotopic (exact) mass is 197 g/mol. The number of benzene rings is 1. The molecule has 15 heavy (non-hydrogen) atoms. The predicted molar refractivity (Wildman–Crippen MR) is 62.5 cm³/mol. The molecule has 0 bridgehead atoms. The molecule has 0 fully saturated rings. The van der Waals surface area contributed by atoms with Gasteiger partial charge in [0.05, 0.1) is 11.6 Å². The summed E-state index contributed by atoms with van der Waals surface area (Å²) >= 11 is 0. The molecule has 0 unspecified atom stereocenters. The van der Waals surface area contributed by atoms with Crippen LogP contribution < -0.4 is 0 Å². The van der Waals surface area contributed by atoms with E-state index in [-0.39, 0.29) is 5.41 Å². The number of nitrogens with zero attached hydrogens (tertiary/aromatic N) is 1. The van der Waals surface area contributed by atoms with Crippen molar-refractivity contribution in [3.8, 4) is 18.4 Å². The molecule has 0 aliphatic rings. The molecule has 1 heteroatoms. The van der Waals surface area contributed by atoms with Crippen molar-refractivity contribution in [1.29, 1.82) is 5.26 Å². The number of rotatable bonds is 0. The van der Waals surface area contributed by atoms with E-state index in [1.54, 1.807) is 0 Å². The fraction of sp³-hybridized carbons (Fsp3) is 0.357. The van der Waals surface area contributed by atoms with Crippen molar-refractivity contribution in [2.75, 3.05) is 0 Å². The van der Waals surface area contributed by atoms with E-state index in [0.29, 0.717) is 5.56 Å². The highest BCUT2D eigenvalue weighted by molar-refractivity contribution is 5.52. The molecular weight excluding hydrogens is 182 g/mol. The molecule has 0 spiro atoms. The van der Waals surface area contributed by atoms with Crippen LogP contribution in [0.4, 0.5) is 0 Å². The highest BCUT2D eigenvalue weighted by Crippen LogP contribution is 2.26. The van der Waals surface area contributed by atoms with Gasteiger partial charge in [-0.2, -0.15) is 5.26 Å². The van der Waals surface area contributed by atoms with Gasteiger partial charge < -0.3 is 0 Å². The highest BCUT2D eigenvalue weighted by Gasteiger charge is 2.16. The molecule has 1 aromatic carbocycles. The van der Waals surface area contributed by atoms with Gasteiger partial charge in [-0.05, 0) is 35.6 Å². The second-order valence-electron chi connectivity index (χ2n) is 4.70. The minimum Gasteiger partial charge on any atom is -0.192 e. The lowest BCUT2D eigenvalue weighted by molar-refractivity contribution is 0.589. The van der Waals surface area contributed by atoms with Gasteiger partial charge in [-0.15, -0.1) is 6.42 Å². The average Bonchev–Trinajstić information content (AvgIpc) is 2.16. The van der Waals surface area contributed by atoms with Crippen LogP contribution in [0.3, 0.4) is 0 Å². The van der Waals surface area contributed by atoms with E-state index >= 15 is 0 Å². The van der Waals surface area contributed by atoms with Crippen LogP contribution in [0.2, 0.25) is 0 Å². The van der Waals surface area contributed by atoms with Gasteiger partial charge in [0, 0.05) is 5.56 Å². The molecule has 1 rings (SSSR count). The summed E-state index contributed by atoms with van der Waals surface area (Å²) < 4.78 is 0. The maximum absolute atomic E-state index is 9.01. The van der Waals surface area contributed by atoms with Crippen molar-refractivity contribution in [3.63, 3.8) is 0 Å². The van der Waals surface area contributed by atoms with Crippen LogP contribution in [-0.4, -0.2) is 0 Å². The first kappa shape index (κ1) is 11.3. The van der Waals surface area contributed by atoms with Crippen molar-refractivity contribution < 1.29 is 0 Å². The van der Waals surface area contributed by atoms with Crippen molar-refractivity contribution in [1.82, 2.24) is 0 Å². The zero-order valence-corrected chi connectivity index (χ0v) is 9.68. The SMILES string of the molecule is C#Cc1cc(C(C)(C)C)cc(C#N)c1C. The standard InChI is InChI=1S/C14H15N/c1-6-11-7-13(14(3,4)5)8-12(9-15)10(11)2/h1,7-8H,2-5H3. The van der Waals surface area contributed by atoms with Crippen LogP contribution in [0.15, 0.2) is 12.1 Å². The fourth-order valence-corrected chi connectivity index (χ4v) is 1.41. The van der Waals surface area contributed by atoms with Crippen molar-refractivity contribution in [2.45, 2.75) is 33.1 Å². The molecule has 76 valence electrons. The minimum absolute atomic E-state index is 0.0188. The molecule has 0 saturated carbocycles. The number of terminal acetylenes is 1. The van der Waals surface area contributed by atoms with Gasteiger partial charge in [0.15, 0.2) is 0 Å². The Morgan fingerprint density at radius 2 is 1.73 bits per heavy atom. The average molecular weight is 197 g/mol. The molecule has 0 radical (unpaired) electrons. The van der Waals surface area contributed by atoms with E-state index < -0.39 is 0 Å². The third-order valence-electron chi connectivity index (χ3n) is 2.55. The summed E-state index contributed by atoms with van der Waals surface area (Å²) in [4.78, 5) is 0. The van der Waals surface area contributed by atoms with E-state index in [4.69, 9.17) is 11.7 Å². The van der Waals surface area contributed by atoms with Gasteiger partial charge in [-0.3, -0.25) is 0 Å². The molecule has 0 atom stereocenters. The van der Waals surface area contributed by atoms with Gasteiger partial charge in [0.2, 0.25) is 0 Å². The minimum atomic E-state index is 0.0188. The zero-order valence-electron chi connectivity index (χ0n) is 9.68. The molecule has 0 aromatic heterocycles. The van der Waals surface area contributed by atoms with Crippen molar-refractivity contribution >= 4 is 0 Å². The number of hydrogen-bond donors (Lipinski definition) is 0. The summed E-state index contributed by atoms with van der Waals surface area (Å²) in [5.74, 6) is 2.63. The molecular formula is C14H15N. The van der Waals surface area contributed by atoms with Gasteiger partial charge in [-0.25, -0.2) is 0 Å². The van der Waals surface area contributed by atoms with Crippen molar-refractivity contribution in [2.24, 2.45) is 0 Å². The maximum Gasteiger partial charge on any atom is 0.0994 e. The van der Waals surface area contributed by atoms with Crippen LogP contribution in [0.5, 0.6) is 0 Å². The van der Waals surface area contributed by atoms with Gasteiger partial charge in [0.1, 0.15) is 0 Å². The van der Waals surface area contributed by atoms with E-state index in [9.17, 15) is 0 Å². The quantitative estimate of drug-likeness (QED) is 0.586. The van der Waals surface area contributed by atoms with Gasteiger partial charge >= 0.3 is 0 Å². The second kappa shape index (κ2) is 3.79. The lowest BCUT2D eigenvalue weighted by Gasteiger charge is -2.20. The van der Waals surface area contributed by atoms with Crippen LogP contribution in [0.25, 0.3) is 0 Å². The maximum atomic E-state index is 9.01. The zero-order chi connectivity index (χ0) is 11.6. The highest BCUT2D eigenvalue weighted by atomic mass is 14.3. The first-order chi connectivity index (χ1) is 6.90. The van der Waals surface area contributed by atoms with Gasteiger partial charge in [0.25, 0.3) is 0 Å². The van der Waals surface area contributed by atoms with Crippen LogP contribution in [0.1, 0.15) is 43.0 Å². The van der Waals surface area contributed by atoms with E-state index in [2.05, 4.69) is 32.8 Å². The summed E-state index contributed by atoms with van der Waals surface area (Å²) in [7, 11) is 0. The lowest BCUT2D eigenvalue weighted by Crippen LogP contribution is -2.12. The summed E-state index contributed by atoms with van der Waals surface area (Å²) in [6.07, 6.45) is 5.43. The molecule has 0 heterocycles. The predicted octanol–water partition coefficient (Wildman–Crippen LogP) is 3.15. The first-order valence-corrected chi connectivity index (χ1v) is 4.92. The number of hydrogen-bond acceptors (Lipinski definition) is 1. The Kier molecular flexibility index (Phi) is 2.87. The molecule has 0 saturated heterocycles. The Bertz CT molecular complexity index is 427. The number of nitriles is 1. The van der Waals surface area contributed by atoms with Crippen LogP contribution in [-0.2, 0) is 5.41 Å². The Balaban J connectivity index is 3.51.